The smallest absolute Gasteiger partial charge is 0.308 e. The summed E-state index contributed by atoms with van der Waals surface area (Å²) in [6, 6.07) is 13.3. The van der Waals surface area contributed by atoms with E-state index >= 15 is 0 Å². The quantitative estimate of drug-likeness (QED) is 0.320. The maximum absolute atomic E-state index is 13.0. The Hall–Kier alpha value is -2.21. The van der Waals surface area contributed by atoms with Crippen molar-refractivity contribution >= 4 is 24.7 Å². The first kappa shape index (κ1) is 20.1. The molecule has 0 aliphatic carbocycles. The van der Waals surface area contributed by atoms with Crippen LogP contribution < -0.4 is 5.06 Å². The monoisotopic (exact) mass is 378 g/mol. The zero-order chi connectivity index (χ0) is 19.2. The van der Waals surface area contributed by atoms with Crippen LogP contribution in [0.4, 0.5) is 17.1 Å². The van der Waals surface area contributed by atoms with Gasteiger partial charge in [-0.15, -0.1) is 0 Å². The summed E-state index contributed by atoms with van der Waals surface area (Å²) >= 11 is 0. The number of nitrogens with zero attached hydrogens (tertiary/aromatic N) is 2. The van der Waals surface area contributed by atoms with E-state index in [1.165, 1.54) is 17.2 Å². The minimum atomic E-state index is -3.36. The van der Waals surface area contributed by atoms with Gasteiger partial charge in [0.2, 0.25) is 0 Å². The van der Waals surface area contributed by atoms with Gasteiger partial charge in [-0.2, -0.15) is 4.62 Å². The van der Waals surface area contributed by atoms with Crippen LogP contribution in [0.5, 0.6) is 0 Å². The molecule has 140 valence electrons. The first-order valence-corrected chi connectivity index (χ1v) is 10.2. The Kier molecular flexibility index (Phi) is 6.91. The fourth-order valence-corrected chi connectivity index (χ4v) is 3.99. The minimum Gasteiger partial charge on any atom is -0.308 e. The van der Waals surface area contributed by atoms with Crippen LogP contribution in [0.2, 0.25) is 0 Å². The van der Waals surface area contributed by atoms with Gasteiger partial charge in [-0.25, -0.2) is 5.06 Å². The van der Waals surface area contributed by atoms with Crippen molar-refractivity contribution in [2.75, 3.05) is 17.8 Å². The average Bonchev–Trinajstić information content (AvgIpc) is 2.61. The molecule has 0 fully saturated rings. The molecule has 0 saturated heterocycles. The first-order chi connectivity index (χ1) is 12.4. The highest BCUT2D eigenvalue weighted by Crippen LogP contribution is 2.51. The van der Waals surface area contributed by atoms with Crippen LogP contribution in [0.15, 0.2) is 48.5 Å². The largest absolute Gasteiger partial charge is 0.352 e. The highest BCUT2D eigenvalue weighted by Gasteiger charge is 2.28. The molecule has 2 rings (SSSR count). The molecule has 26 heavy (non-hydrogen) atoms. The van der Waals surface area contributed by atoms with Crippen molar-refractivity contribution in [3.8, 4) is 0 Å². The van der Waals surface area contributed by atoms with Crippen molar-refractivity contribution < 1.29 is 18.6 Å². The molecule has 1 unspecified atom stereocenters. The van der Waals surface area contributed by atoms with Crippen molar-refractivity contribution in [2.45, 2.75) is 27.2 Å². The molecule has 7 nitrogen and oxygen atoms in total. The van der Waals surface area contributed by atoms with Gasteiger partial charge in [-0.05, 0) is 44.5 Å². The lowest BCUT2D eigenvalue weighted by atomic mass is 10.2. The van der Waals surface area contributed by atoms with E-state index in [2.05, 4.69) is 0 Å². The van der Waals surface area contributed by atoms with Crippen molar-refractivity contribution in [2.24, 2.45) is 0 Å². The molecular formula is C18H23N2O5P. The Morgan fingerprint density at radius 2 is 1.58 bits per heavy atom. The molecule has 0 spiro atoms. The Labute approximate surface area is 153 Å². The van der Waals surface area contributed by atoms with E-state index in [4.69, 9.17) is 9.15 Å². The zero-order valence-corrected chi connectivity index (χ0v) is 16.0. The molecular weight excluding hydrogens is 355 g/mol. The van der Waals surface area contributed by atoms with Gasteiger partial charge in [-0.1, -0.05) is 24.6 Å². The Morgan fingerprint density at radius 3 is 2.04 bits per heavy atom. The molecule has 0 saturated carbocycles. The third-order valence-corrected chi connectivity index (χ3v) is 5.65. The third kappa shape index (κ3) is 5.14. The lowest BCUT2D eigenvalue weighted by Crippen LogP contribution is -2.18. The van der Waals surface area contributed by atoms with Gasteiger partial charge in [0, 0.05) is 12.1 Å². The van der Waals surface area contributed by atoms with Crippen LogP contribution in [0.25, 0.3) is 0 Å². The lowest BCUT2D eigenvalue weighted by Gasteiger charge is -2.28. The van der Waals surface area contributed by atoms with Gasteiger partial charge in [-0.3, -0.25) is 14.7 Å². The fraction of sp³-hybridized carbons (Fsp3) is 0.333. The molecule has 2 aromatic rings. The fourth-order valence-electron chi connectivity index (χ4n) is 2.36. The van der Waals surface area contributed by atoms with Gasteiger partial charge in [0.1, 0.15) is 0 Å². The van der Waals surface area contributed by atoms with Crippen LogP contribution in [0.1, 0.15) is 25.8 Å². The van der Waals surface area contributed by atoms with E-state index in [1.54, 1.807) is 19.1 Å². The highest BCUT2D eigenvalue weighted by atomic mass is 31.2. The first-order valence-electron chi connectivity index (χ1n) is 8.43. The summed E-state index contributed by atoms with van der Waals surface area (Å²) in [7, 11) is -3.36. The second-order valence-electron chi connectivity index (χ2n) is 5.74. The van der Waals surface area contributed by atoms with E-state index in [0.29, 0.717) is 17.8 Å². The summed E-state index contributed by atoms with van der Waals surface area (Å²) in [5.41, 5.74) is 2.22. The predicted molar refractivity (Wildman–Crippen MR) is 102 cm³/mol. The van der Waals surface area contributed by atoms with Crippen LogP contribution in [0.3, 0.4) is 0 Å². The summed E-state index contributed by atoms with van der Waals surface area (Å²) in [6.45, 7) is 5.88. The zero-order valence-electron chi connectivity index (χ0n) is 15.1. The molecule has 0 amide bonds. The molecule has 0 bridgehead atoms. The molecule has 0 aliphatic heterocycles. The molecule has 0 heterocycles. The Balaban J connectivity index is 2.42. The maximum atomic E-state index is 13.0. The Bertz CT molecular complexity index is 767. The average molecular weight is 378 g/mol. The van der Waals surface area contributed by atoms with Crippen molar-refractivity contribution in [1.82, 2.24) is 0 Å². The lowest BCUT2D eigenvalue weighted by molar-refractivity contribution is -0.384. The van der Waals surface area contributed by atoms with Gasteiger partial charge in [0.15, 0.2) is 0 Å². The van der Waals surface area contributed by atoms with Gasteiger partial charge < -0.3 is 4.52 Å². The minimum absolute atomic E-state index is 0.0286. The van der Waals surface area contributed by atoms with Crippen molar-refractivity contribution in [3.05, 3.63) is 64.2 Å². The van der Waals surface area contributed by atoms with Crippen molar-refractivity contribution in [1.29, 1.82) is 0 Å². The molecule has 2 aromatic carbocycles. The predicted octanol–water partition coefficient (Wildman–Crippen LogP) is 5.61. The normalized spacial score (nSPS) is 13.2. The number of benzene rings is 2. The summed E-state index contributed by atoms with van der Waals surface area (Å²) < 4.78 is 24.3. The number of rotatable bonds is 9. The molecule has 0 aliphatic rings. The molecule has 1 atom stereocenters. The summed E-state index contributed by atoms with van der Waals surface area (Å²) in [4.78, 5) is 10.4. The topological polar surface area (TPSA) is 81.9 Å². The maximum Gasteiger partial charge on any atom is 0.352 e. The molecule has 0 radical (unpaired) electrons. The highest BCUT2D eigenvalue weighted by molar-refractivity contribution is 7.53. The van der Waals surface area contributed by atoms with E-state index in [9.17, 15) is 14.7 Å². The summed E-state index contributed by atoms with van der Waals surface area (Å²) in [5.74, 6) is 0. The second-order valence-corrected chi connectivity index (χ2v) is 7.83. The molecule has 0 N–H and O–H groups in total. The number of nitro groups is 1. The van der Waals surface area contributed by atoms with Crippen LogP contribution in [-0.2, 0) is 13.7 Å². The summed E-state index contributed by atoms with van der Waals surface area (Å²) in [5, 5.41) is 12.3. The number of nitro benzene ring substituents is 1. The molecule has 0 aromatic heterocycles. The second kappa shape index (κ2) is 8.94. The van der Waals surface area contributed by atoms with Crippen molar-refractivity contribution in [3.63, 3.8) is 0 Å². The van der Waals surface area contributed by atoms with Crippen LogP contribution in [0, 0.1) is 17.0 Å². The molecule has 8 heteroatoms. The third-order valence-electron chi connectivity index (χ3n) is 3.59. The van der Waals surface area contributed by atoms with Crippen LogP contribution >= 0.6 is 7.60 Å². The van der Waals surface area contributed by atoms with Crippen LogP contribution in [-0.4, -0.2) is 17.7 Å². The SMILES string of the molecule is CCCP(=O)(OCC)ON(c1ccc(C)cc1)c1ccc([N+](=O)[O-])cc1. The van der Waals surface area contributed by atoms with E-state index in [-0.39, 0.29) is 18.5 Å². The van der Waals surface area contributed by atoms with E-state index in [0.717, 1.165) is 5.56 Å². The number of hydrogen-bond donors (Lipinski definition) is 0. The van der Waals surface area contributed by atoms with E-state index in [1.807, 2.05) is 38.1 Å². The number of aryl methyl sites for hydroxylation is 1. The van der Waals surface area contributed by atoms with Gasteiger partial charge in [0.25, 0.3) is 5.69 Å². The number of non-ortho nitro benzene ring substituents is 1. The Morgan fingerprint density at radius 1 is 1.04 bits per heavy atom. The number of anilines is 2. The van der Waals surface area contributed by atoms with E-state index < -0.39 is 12.5 Å². The summed E-state index contributed by atoms with van der Waals surface area (Å²) in [6.07, 6.45) is 0.912. The van der Waals surface area contributed by atoms with Gasteiger partial charge >= 0.3 is 7.60 Å². The van der Waals surface area contributed by atoms with Gasteiger partial charge in [0.05, 0.1) is 29.1 Å². The number of hydrogen-bond acceptors (Lipinski definition) is 6. The standard InChI is InChI=1S/C18H23N2O5P/c1-4-14-26(23,24-5-2)25-19(16-8-6-15(3)7-9-16)17-10-12-18(13-11-17)20(21)22/h6-13H,4-5,14H2,1-3H3.